The highest BCUT2D eigenvalue weighted by Gasteiger charge is 2.25. The van der Waals surface area contributed by atoms with Crippen molar-refractivity contribution in [3.8, 4) is 0 Å². The summed E-state index contributed by atoms with van der Waals surface area (Å²) in [4.78, 5) is 2.33. The molecule has 0 aromatic heterocycles. The van der Waals surface area contributed by atoms with Crippen molar-refractivity contribution in [2.24, 2.45) is 5.92 Å². The van der Waals surface area contributed by atoms with Gasteiger partial charge in [0.05, 0.1) is 11.5 Å². The SMILES string of the molecule is CNCC(C(C)C)N1CCCS(=O)(=O)CC1. The molecule has 0 amide bonds. The molecule has 1 fully saturated rings. The second-order valence-electron chi connectivity index (χ2n) is 4.91. The zero-order chi connectivity index (χ0) is 12.2. The molecular weight excluding hydrogens is 224 g/mol. The van der Waals surface area contributed by atoms with E-state index >= 15 is 0 Å². The minimum atomic E-state index is -2.79. The third-order valence-electron chi connectivity index (χ3n) is 3.24. The van der Waals surface area contributed by atoms with Crippen molar-refractivity contribution >= 4 is 9.84 Å². The molecule has 4 nitrogen and oxygen atoms in total. The number of hydrogen-bond donors (Lipinski definition) is 1. The molecule has 5 heteroatoms. The lowest BCUT2D eigenvalue weighted by Crippen LogP contribution is -2.46. The lowest BCUT2D eigenvalue weighted by Gasteiger charge is -2.33. The Labute approximate surface area is 99.3 Å². The second-order valence-corrected chi connectivity index (χ2v) is 7.21. The molecule has 1 saturated heterocycles. The van der Waals surface area contributed by atoms with Crippen LogP contribution in [-0.4, -0.2) is 57.5 Å². The van der Waals surface area contributed by atoms with Gasteiger partial charge in [0.15, 0.2) is 9.84 Å². The predicted molar refractivity (Wildman–Crippen MR) is 67.4 cm³/mol. The van der Waals surface area contributed by atoms with Crippen LogP contribution < -0.4 is 5.32 Å². The first-order valence-corrected chi connectivity index (χ1v) is 7.87. The highest BCUT2D eigenvalue weighted by Crippen LogP contribution is 2.14. The van der Waals surface area contributed by atoms with Crippen LogP contribution in [0.2, 0.25) is 0 Å². The Bertz CT molecular complexity index is 301. The summed E-state index contributed by atoms with van der Waals surface area (Å²) < 4.78 is 23.0. The van der Waals surface area contributed by atoms with Gasteiger partial charge in [0.1, 0.15) is 0 Å². The Hall–Kier alpha value is -0.130. The molecule has 0 saturated carbocycles. The second kappa shape index (κ2) is 5.98. The fourth-order valence-corrected chi connectivity index (χ4v) is 3.57. The Morgan fingerprint density at radius 3 is 2.50 bits per heavy atom. The molecule has 0 aromatic rings. The van der Waals surface area contributed by atoms with Crippen LogP contribution in [0.3, 0.4) is 0 Å². The van der Waals surface area contributed by atoms with E-state index in [0.717, 1.165) is 19.5 Å². The van der Waals surface area contributed by atoms with E-state index < -0.39 is 9.84 Å². The molecule has 1 N–H and O–H groups in total. The van der Waals surface area contributed by atoms with E-state index in [2.05, 4.69) is 24.1 Å². The Balaban J connectivity index is 2.64. The van der Waals surface area contributed by atoms with E-state index in [4.69, 9.17) is 0 Å². The summed E-state index contributed by atoms with van der Waals surface area (Å²) >= 11 is 0. The molecule has 1 unspecified atom stereocenters. The minimum absolute atomic E-state index is 0.319. The van der Waals surface area contributed by atoms with Gasteiger partial charge in [0.25, 0.3) is 0 Å². The van der Waals surface area contributed by atoms with E-state index in [0.29, 0.717) is 30.0 Å². The molecular formula is C11H24N2O2S. The Kier molecular flexibility index (Phi) is 5.21. The van der Waals surface area contributed by atoms with E-state index in [1.807, 2.05) is 7.05 Å². The van der Waals surface area contributed by atoms with Gasteiger partial charge in [-0.2, -0.15) is 0 Å². The van der Waals surface area contributed by atoms with Gasteiger partial charge in [0, 0.05) is 19.1 Å². The maximum absolute atomic E-state index is 11.5. The van der Waals surface area contributed by atoms with Gasteiger partial charge in [-0.1, -0.05) is 13.8 Å². The number of hydrogen-bond acceptors (Lipinski definition) is 4. The fourth-order valence-electron chi connectivity index (χ4n) is 2.28. The van der Waals surface area contributed by atoms with Crippen LogP contribution in [0.5, 0.6) is 0 Å². The zero-order valence-corrected chi connectivity index (χ0v) is 11.4. The fraction of sp³-hybridized carbons (Fsp3) is 1.00. The maximum atomic E-state index is 11.5. The summed E-state index contributed by atoms with van der Waals surface area (Å²) in [6.07, 6.45) is 0.773. The summed E-state index contributed by atoms with van der Waals surface area (Å²) in [5.74, 6) is 1.22. The first kappa shape index (κ1) is 13.9. The van der Waals surface area contributed by atoms with Crippen LogP contribution >= 0.6 is 0 Å². The van der Waals surface area contributed by atoms with Crippen molar-refractivity contribution in [3.05, 3.63) is 0 Å². The lowest BCUT2D eigenvalue weighted by molar-refractivity contribution is 0.165. The zero-order valence-electron chi connectivity index (χ0n) is 10.6. The van der Waals surface area contributed by atoms with E-state index in [9.17, 15) is 8.42 Å². The Morgan fingerprint density at radius 1 is 1.25 bits per heavy atom. The molecule has 1 atom stereocenters. The van der Waals surface area contributed by atoms with Gasteiger partial charge in [-0.3, -0.25) is 4.90 Å². The van der Waals surface area contributed by atoms with E-state index in [1.165, 1.54) is 0 Å². The summed E-state index contributed by atoms with van der Waals surface area (Å²) in [5, 5.41) is 3.20. The first-order valence-electron chi connectivity index (χ1n) is 6.05. The average molecular weight is 248 g/mol. The summed E-state index contributed by atoms with van der Waals surface area (Å²) in [6.45, 7) is 6.91. The highest BCUT2D eigenvalue weighted by atomic mass is 32.2. The van der Waals surface area contributed by atoms with Crippen molar-refractivity contribution < 1.29 is 8.42 Å². The lowest BCUT2D eigenvalue weighted by atomic mass is 10.0. The molecule has 1 aliphatic rings. The summed E-state index contributed by atoms with van der Waals surface area (Å²) in [7, 11) is -0.840. The van der Waals surface area contributed by atoms with E-state index in [-0.39, 0.29) is 0 Å². The van der Waals surface area contributed by atoms with Crippen molar-refractivity contribution in [3.63, 3.8) is 0 Å². The maximum Gasteiger partial charge on any atom is 0.151 e. The van der Waals surface area contributed by atoms with Crippen LogP contribution in [0.25, 0.3) is 0 Å². The van der Waals surface area contributed by atoms with Crippen LogP contribution in [0.15, 0.2) is 0 Å². The number of nitrogens with zero attached hydrogens (tertiary/aromatic N) is 1. The van der Waals surface area contributed by atoms with Gasteiger partial charge in [-0.05, 0) is 25.9 Å². The van der Waals surface area contributed by atoms with E-state index in [1.54, 1.807) is 0 Å². The molecule has 1 aliphatic heterocycles. The smallest absolute Gasteiger partial charge is 0.151 e. The van der Waals surface area contributed by atoms with Crippen LogP contribution in [-0.2, 0) is 9.84 Å². The summed E-state index contributed by atoms with van der Waals surface area (Å²) in [6, 6.07) is 0.443. The third-order valence-corrected chi connectivity index (χ3v) is 4.96. The molecule has 16 heavy (non-hydrogen) atoms. The molecule has 0 aromatic carbocycles. The molecule has 0 radical (unpaired) electrons. The van der Waals surface area contributed by atoms with Gasteiger partial charge in [-0.15, -0.1) is 0 Å². The van der Waals surface area contributed by atoms with Crippen molar-refractivity contribution in [1.82, 2.24) is 10.2 Å². The van der Waals surface area contributed by atoms with Gasteiger partial charge in [0.2, 0.25) is 0 Å². The number of sulfone groups is 1. The monoisotopic (exact) mass is 248 g/mol. The first-order chi connectivity index (χ1) is 7.46. The van der Waals surface area contributed by atoms with Crippen molar-refractivity contribution in [2.45, 2.75) is 26.3 Å². The van der Waals surface area contributed by atoms with Gasteiger partial charge >= 0.3 is 0 Å². The molecule has 0 spiro atoms. The van der Waals surface area contributed by atoms with Crippen LogP contribution in [0.4, 0.5) is 0 Å². The topological polar surface area (TPSA) is 49.4 Å². The molecule has 0 aliphatic carbocycles. The molecule has 1 rings (SSSR count). The quantitative estimate of drug-likeness (QED) is 0.780. The summed E-state index contributed by atoms with van der Waals surface area (Å²) in [5.41, 5.74) is 0. The van der Waals surface area contributed by atoms with Crippen LogP contribution in [0.1, 0.15) is 20.3 Å². The Morgan fingerprint density at radius 2 is 1.94 bits per heavy atom. The van der Waals surface area contributed by atoms with Gasteiger partial charge in [-0.25, -0.2) is 8.42 Å². The largest absolute Gasteiger partial charge is 0.318 e. The number of likely N-dealkylation sites (N-methyl/N-ethyl adjacent to an activating group) is 1. The normalized spacial score (nSPS) is 24.2. The van der Waals surface area contributed by atoms with Crippen molar-refractivity contribution in [1.29, 1.82) is 0 Å². The molecule has 96 valence electrons. The van der Waals surface area contributed by atoms with Crippen molar-refractivity contribution in [2.75, 3.05) is 38.2 Å². The highest BCUT2D eigenvalue weighted by molar-refractivity contribution is 7.91. The average Bonchev–Trinajstić information content (AvgIpc) is 2.35. The number of rotatable bonds is 4. The van der Waals surface area contributed by atoms with Gasteiger partial charge < -0.3 is 5.32 Å². The standard InChI is InChI=1S/C11H24N2O2S/c1-10(2)11(9-12-3)13-5-4-7-16(14,15)8-6-13/h10-12H,4-9H2,1-3H3. The third kappa shape index (κ3) is 4.03. The molecule has 0 bridgehead atoms. The minimum Gasteiger partial charge on any atom is -0.318 e. The predicted octanol–water partition coefficient (Wildman–Crippen LogP) is 0.351. The number of nitrogens with one attached hydrogen (secondary N) is 1. The molecule has 1 heterocycles. The van der Waals surface area contributed by atoms with Crippen LogP contribution in [0, 0.1) is 5.92 Å².